The number of hydrogen-bond acceptors (Lipinski definition) is 4. The van der Waals surface area contributed by atoms with Crippen LogP contribution in [-0.2, 0) is 9.59 Å². The molecule has 0 aliphatic rings. The highest BCUT2D eigenvalue weighted by Gasteiger charge is 2.13. The van der Waals surface area contributed by atoms with Gasteiger partial charge in [-0.15, -0.1) is 0 Å². The molecule has 0 spiro atoms. The second kappa shape index (κ2) is 6.67. The van der Waals surface area contributed by atoms with Gasteiger partial charge in [-0.3, -0.25) is 9.59 Å². The van der Waals surface area contributed by atoms with Crippen LogP contribution in [0.1, 0.15) is 26.7 Å². The fourth-order valence-electron chi connectivity index (χ4n) is 1.33. The smallest absolute Gasteiger partial charge is 0.245 e. The van der Waals surface area contributed by atoms with E-state index in [4.69, 9.17) is 0 Å². The summed E-state index contributed by atoms with van der Waals surface area (Å²) in [7, 11) is 0. The first-order valence-electron chi connectivity index (χ1n) is 5.59. The number of carbonyl (C=O) groups is 2. The van der Waals surface area contributed by atoms with Crippen LogP contribution in [0.2, 0.25) is 0 Å². The molecule has 1 heterocycles. The maximum absolute atomic E-state index is 11.6. The average molecular weight is 239 g/mol. The maximum atomic E-state index is 11.6. The third-order valence-electron chi connectivity index (χ3n) is 2.27. The van der Waals surface area contributed by atoms with E-state index >= 15 is 0 Å². The molecule has 1 rings (SSSR count). The lowest BCUT2D eigenvalue weighted by molar-refractivity contribution is -0.132. The summed E-state index contributed by atoms with van der Waals surface area (Å²) in [6.07, 6.45) is 3.24. The molecular formula is C11H17N3O3. The molecule has 94 valence electrons. The van der Waals surface area contributed by atoms with Crippen LogP contribution in [0.4, 0.5) is 5.82 Å². The highest BCUT2D eigenvalue weighted by molar-refractivity contribution is 5.93. The van der Waals surface area contributed by atoms with Crippen molar-refractivity contribution in [2.24, 2.45) is 0 Å². The predicted molar refractivity (Wildman–Crippen MR) is 62.3 cm³/mol. The first-order chi connectivity index (χ1) is 8.13. The van der Waals surface area contributed by atoms with Gasteiger partial charge in [0.05, 0.1) is 6.54 Å². The van der Waals surface area contributed by atoms with Crippen LogP contribution in [0.5, 0.6) is 0 Å². The Morgan fingerprint density at radius 3 is 2.82 bits per heavy atom. The van der Waals surface area contributed by atoms with Gasteiger partial charge in [-0.05, 0) is 6.42 Å². The van der Waals surface area contributed by atoms with Crippen molar-refractivity contribution in [3.63, 3.8) is 0 Å². The first-order valence-corrected chi connectivity index (χ1v) is 5.59. The molecule has 17 heavy (non-hydrogen) atoms. The van der Waals surface area contributed by atoms with Crippen molar-refractivity contribution in [1.82, 2.24) is 10.1 Å². The monoisotopic (exact) mass is 239 g/mol. The largest absolute Gasteiger partial charge is 0.363 e. The zero-order valence-electron chi connectivity index (χ0n) is 10.1. The van der Waals surface area contributed by atoms with Crippen molar-refractivity contribution < 1.29 is 14.1 Å². The summed E-state index contributed by atoms with van der Waals surface area (Å²) < 4.78 is 4.59. The molecule has 0 saturated heterocycles. The Morgan fingerprint density at radius 2 is 2.29 bits per heavy atom. The van der Waals surface area contributed by atoms with Crippen LogP contribution >= 0.6 is 0 Å². The predicted octanol–water partition coefficient (Wildman–Crippen LogP) is 1.26. The Balaban J connectivity index is 2.43. The van der Waals surface area contributed by atoms with Crippen LogP contribution in [0.3, 0.4) is 0 Å². The van der Waals surface area contributed by atoms with Crippen LogP contribution in [0, 0.1) is 0 Å². The fourth-order valence-corrected chi connectivity index (χ4v) is 1.33. The number of anilines is 1. The minimum absolute atomic E-state index is 0.0438. The second-order valence-corrected chi connectivity index (χ2v) is 3.73. The molecule has 1 aromatic heterocycles. The fraction of sp³-hybridized carbons (Fsp3) is 0.545. The van der Waals surface area contributed by atoms with Crippen LogP contribution in [0.15, 0.2) is 16.9 Å². The molecule has 0 fully saturated rings. The number of rotatable bonds is 6. The molecule has 0 saturated carbocycles. The molecule has 0 unspecified atom stereocenters. The van der Waals surface area contributed by atoms with Gasteiger partial charge in [-0.1, -0.05) is 18.5 Å². The maximum Gasteiger partial charge on any atom is 0.245 e. The molecule has 0 radical (unpaired) electrons. The summed E-state index contributed by atoms with van der Waals surface area (Å²) in [5.74, 6) is -0.0204. The van der Waals surface area contributed by atoms with Gasteiger partial charge in [-0.25, -0.2) is 0 Å². The second-order valence-electron chi connectivity index (χ2n) is 3.73. The van der Waals surface area contributed by atoms with E-state index in [-0.39, 0.29) is 18.4 Å². The molecule has 6 heteroatoms. The number of unbranched alkanes of at least 4 members (excludes halogenated alkanes) is 1. The highest BCUT2D eigenvalue weighted by Crippen LogP contribution is 2.02. The number of nitrogens with zero attached hydrogens (tertiary/aromatic N) is 2. The first kappa shape index (κ1) is 13.2. The third-order valence-corrected chi connectivity index (χ3v) is 2.27. The molecule has 2 amide bonds. The Hall–Kier alpha value is -1.85. The summed E-state index contributed by atoms with van der Waals surface area (Å²) in [5.41, 5.74) is 0. The number of aromatic nitrogens is 1. The van der Waals surface area contributed by atoms with E-state index in [1.807, 2.05) is 6.92 Å². The highest BCUT2D eigenvalue weighted by atomic mass is 16.5. The summed E-state index contributed by atoms with van der Waals surface area (Å²) in [5, 5.41) is 6.11. The molecule has 0 aliphatic heterocycles. The van der Waals surface area contributed by atoms with E-state index in [9.17, 15) is 9.59 Å². The minimum Gasteiger partial charge on any atom is -0.363 e. The molecule has 0 aliphatic carbocycles. The number of carbonyl (C=O) groups excluding carboxylic acids is 2. The SMILES string of the molecule is CCCCN(CC(=O)Nc1ccon1)C(C)=O. The van der Waals surface area contributed by atoms with E-state index in [0.717, 1.165) is 12.8 Å². The lowest BCUT2D eigenvalue weighted by Gasteiger charge is -2.19. The van der Waals surface area contributed by atoms with Crippen molar-refractivity contribution in [2.75, 3.05) is 18.4 Å². The van der Waals surface area contributed by atoms with Crippen molar-refractivity contribution in [1.29, 1.82) is 0 Å². The van der Waals surface area contributed by atoms with Gasteiger partial charge in [0.1, 0.15) is 6.26 Å². The lowest BCUT2D eigenvalue weighted by Crippen LogP contribution is -2.37. The van der Waals surface area contributed by atoms with Crippen molar-refractivity contribution >= 4 is 17.6 Å². The number of nitrogens with one attached hydrogen (secondary N) is 1. The number of hydrogen-bond donors (Lipinski definition) is 1. The van der Waals surface area contributed by atoms with E-state index in [1.54, 1.807) is 6.07 Å². The zero-order chi connectivity index (χ0) is 12.7. The molecule has 1 N–H and O–H groups in total. The van der Waals surface area contributed by atoms with Gasteiger partial charge in [0.2, 0.25) is 11.8 Å². The van der Waals surface area contributed by atoms with Crippen molar-refractivity contribution in [2.45, 2.75) is 26.7 Å². The molecule has 6 nitrogen and oxygen atoms in total. The molecule has 1 aromatic rings. The van der Waals surface area contributed by atoms with E-state index < -0.39 is 0 Å². The van der Waals surface area contributed by atoms with Crippen molar-refractivity contribution in [3.05, 3.63) is 12.3 Å². The third kappa shape index (κ3) is 4.67. The van der Waals surface area contributed by atoms with Crippen LogP contribution < -0.4 is 5.32 Å². The average Bonchev–Trinajstić information content (AvgIpc) is 2.76. The zero-order valence-corrected chi connectivity index (χ0v) is 10.1. The van der Waals surface area contributed by atoms with Crippen molar-refractivity contribution in [3.8, 4) is 0 Å². The van der Waals surface area contributed by atoms with Gasteiger partial charge in [0, 0.05) is 19.5 Å². The Kier molecular flexibility index (Phi) is 5.19. The Labute approximate surface area is 99.9 Å². The van der Waals surface area contributed by atoms with Gasteiger partial charge in [0.25, 0.3) is 0 Å². The Bertz CT molecular complexity index is 362. The summed E-state index contributed by atoms with van der Waals surface area (Å²) in [6.45, 7) is 4.13. The lowest BCUT2D eigenvalue weighted by atomic mass is 10.3. The molecule has 0 bridgehead atoms. The van der Waals surface area contributed by atoms with E-state index in [1.165, 1.54) is 18.1 Å². The van der Waals surface area contributed by atoms with E-state index in [0.29, 0.717) is 12.4 Å². The molecule has 0 aromatic carbocycles. The standard InChI is InChI=1S/C11H17N3O3/c1-3-4-6-14(9(2)15)8-11(16)12-10-5-7-17-13-10/h5,7H,3-4,6,8H2,1-2H3,(H,12,13,16). The summed E-state index contributed by atoms with van der Waals surface area (Å²) in [6, 6.07) is 1.54. The Morgan fingerprint density at radius 1 is 1.53 bits per heavy atom. The van der Waals surface area contributed by atoms with Gasteiger partial charge < -0.3 is 14.7 Å². The van der Waals surface area contributed by atoms with Gasteiger partial charge >= 0.3 is 0 Å². The minimum atomic E-state index is -0.273. The van der Waals surface area contributed by atoms with Crippen LogP contribution in [0.25, 0.3) is 0 Å². The quantitative estimate of drug-likeness (QED) is 0.811. The molecule has 0 atom stereocenters. The van der Waals surface area contributed by atoms with E-state index in [2.05, 4.69) is 15.0 Å². The van der Waals surface area contributed by atoms with Gasteiger partial charge in [-0.2, -0.15) is 0 Å². The van der Waals surface area contributed by atoms with Crippen LogP contribution in [-0.4, -0.2) is 35.0 Å². The summed E-state index contributed by atoms with van der Waals surface area (Å²) >= 11 is 0. The topological polar surface area (TPSA) is 75.4 Å². The normalized spacial score (nSPS) is 10.0. The summed E-state index contributed by atoms with van der Waals surface area (Å²) in [4.78, 5) is 24.4. The van der Waals surface area contributed by atoms with Gasteiger partial charge in [0.15, 0.2) is 5.82 Å². The molecular weight excluding hydrogens is 222 g/mol. The number of amides is 2.